The number of hydrogen-bond donors (Lipinski definition) is 2. The fourth-order valence-electron chi connectivity index (χ4n) is 3.26. The van der Waals surface area contributed by atoms with Crippen molar-refractivity contribution in [3.63, 3.8) is 0 Å². The molecule has 22 heavy (non-hydrogen) atoms. The highest BCUT2D eigenvalue weighted by Gasteiger charge is 2.27. The first-order chi connectivity index (χ1) is 10.6. The number of halogens is 1. The summed E-state index contributed by atoms with van der Waals surface area (Å²) in [5, 5.41) is 2.95. The molecule has 0 saturated heterocycles. The summed E-state index contributed by atoms with van der Waals surface area (Å²) >= 11 is 2.31. The van der Waals surface area contributed by atoms with Crippen LogP contribution in [-0.2, 0) is 17.6 Å². The quantitative estimate of drug-likeness (QED) is 0.562. The molecule has 1 aliphatic carbocycles. The zero-order valence-electron chi connectivity index (χ0n) is 12.3. The van der Waals surface area contributed by atoms with E-state index in [1.165, 1.54) is 18.5 Å². The molecule has 0 radical (unpaired) electrons. The van der Waals surface area contributed by atoms with Crippen LogP contribution in [0, 0.1) is 10.5 Å². The number of imidazole rings is 1. The number of carbonyl (C=O) groups excluding carboxylic acids is 1. The number of rotatable bonds is 1. The number of anilines is 1. The highest BCUT2D eigenvalue weighted by Crippen LogP contribution is 2.37. The van der Waals surface area contributed by atoms with Gasteiger partial charge in [-0.2, -0.15) is 0 Å². The Labute approximate surface area is 142 Å². The van der Waals surface area contributed by atoms with E-state index < -0.39 is 0 Å². The monoisotopic (exact) mass is 405 g/mol. The average Bonchev–Trinajstić information content (AvgIpc) is 3.05. The number of H-pyrrole nitrogens is 1. The Bertz CT molecular complexity index is 796. The molecule has 0 bridgehead atoms. The van der Waals surface area contributed by atoms with Crippen molar-refractivity contribution in [2.45, 2.75) is 32.6 Å². The van der Waals surface area contributed by atoms with Crippen molar-refractivity contribution in [2.75, 3.05) is 5.32 Å². The van der Waals surface area contributed by atoms with Gasteiger partial charge in [-0.05, 0) is 79.0 Å². The molecule has 0 spiro atoms. The molecule has 0 unspecified atom stereocenters. The normalized spacial score (nSPS) is 18.3. The number of aromatic amines is 1. The van der Waals surface area contributed by atoms with Crippen molar-refractivity contribution in [3.05, 3.63) is 44.0 Å². The fourth-order valence-corrected chi connectivity index (χ4v) is 3.71. The molecule has 0 atom stereocenters. The van der Waals surface area contributed by atoms with Crippen LogP contribution in [0.25, 0.3) is 11.6 Å². The smallest absolute Gasteiger partial charge is 0.256 e. The lowest BCUT2D eigenvalue weighted by molar-refractivity contribution is -0.110. The highest BCUT2D eigenvalue weighted by atomic mass is 127. The third-order valence-corrected chi connectivity index (χ3v) is 5.58. The molecule has 4 nitrogen and oxygen atoms in total. The Hall–Kier alpha value is -1.63. The van der Waals surface area contributed by atoms with Gasteiger partial charge in [-0.1, -0.05) is 0 Å². The molecule has 1 aliphatic heterocycles. The molecular weight excluding hydrogens is 389 g/mol. The van der Waals surface area contributed by atoms with E-state index in [-0.39, 0.29) is 5.91 Å². The molecule has 2 heterocycles. The largest absolute Gasteiger partial charge is 0.342 e. The molecule has 1 aromatic carbocycles. The van der Waals surface area contributed by atoms with Crippen LogP contribution in [0.3, 0.4) is 0 Å². The van der Waals surface area contributed by atoms with Crippen LogP contribution < -0.4 is 5.32 Å². The van der Waals surface area contributed by atoms with Crippen LogP contribution >= 0.6 is 22.6 Å². The Morgan fingerprint density at radius 1 is 1.27 bits per heavy atom. The second-order valence-corrected chi connectivity index (χ2v) is 7.02. The van der Waals surface area contributed by atoms with E-state index in [9.17, 15) is 4.79 Å². The minimum Gasteiger partial charge on any atom is -0.342 e. The number of hydrogen-bond acceptors (Lipinski definition) is 2. The summed E-state index contributed by atoms with van der Waals surface area (Å²) in [4.78, 5) is 20.4. The average molecular weight is 405 g/mol. The van der Waals surface area contributed by atoms with E-state index >= 15 is 0 Å². The Morgan fingerprint density at radius 2 is 2.09 bits per heavy atom. The lowest BCUT2D eigenvalue weighted by atomic mass is 10.0. The van der Waals surface area contributed by atoms with E-state index in [0.717, 1.165) is 44.7 Å². The second-order valence-electron chi connectivity index (χ2n) is 5.86. The molecular formula is C17H16IN3O. The third-order valence-electron chi connectivity index (χ3n) is 4.42. The van der Waals surface area contributed by atoms with Crippen molar-refractivity contribution in [2.24, 2.45) is 0 Å². The summed E-state index contributed by atoms with van der Waals surface area (Å²) in [6, 6.07) is 4.00. The molecule has 1 aromatic heterocycles. The lowest BCUT2D eigenvalue weighted by Crippen LogP contribution is -2.03. The Morgan fingerprint density at radius 3 is 2.91 bits per heavy atom. The predicted molar refractivity (Wildman–Crippen MR) is 95.6 cm³/mol. The molecule has 0 saturated carbocycles. The van der Waals surface area contributed by atoms with Crippen LogP contribution in [0.1, 0.15) is 41.2 Å². The van der Waals surface area contributed by atoms with Crippen molar-refractivity contribution in [1.82, 2.24) is 9.97 Å². The molecule has 112 valence electrons. The van der Waals surface area contributed by atoms with Gasteiger partial charge < -0.3 is 10.3 Å². The summed E-state index contributed by atoms with van der Waals surface area (Å²) < 4.78 is 1.16. The molecule has 1 amide bonds. The van der Waals surface area contributed by atoms with Gasteiger partial charge in [-0.3, -0.25) is 4.79 Å². The van der Waals surface area contributed by atoms with E-state index in [4.69, 9.17) is 0 Å². The molecule has 2 aromatic rings. The van der Waals surface area contributed by atoms with E-state index in [2.05, 4.69) is 44.8 Å². The SMILES string of the molecule is Cc1c(I)ccc2c1C(=Cc1nc3c([nH]1)CCCC3)C(=O)N2. The third kappa shape index (κ3) is 2.18. The summed E-state index contributed by atoms with van der Waals surface area (Å²) in [7, 11) is 0. The van der Waals surface area contributed by atoms with Crippen LogP contribution in [0.4, 0.5) is 5.69 Å². The van der Waals surface area contributed by atoms with Gasteiger partial charge in [0.25, 0.3) is 5.91 Å². The molecule has 2 aliphatic rings. The molecule has 5 heteroatoms. The van der Waals surface area contributed by atoms with Crippen LogP contribution in [0.5, 0.6) is 0 Å². The summed E-state index contributed by atoms with van der Waals surface area (Å²) in [5.41, 5.74) is 6.14. The summed E-state index contributed by atoms with van der Waals surface area (Å²) in [6.45, 7) is 2.06. The highest BCUT2D eigenvalue weighted by molar-refractivity contribution is 14.1. The first-order valence-corrected chi connectivity index (χ1v) is 8.61. The zero-order valence-corrected chi connectivity index (χ0v) is 14.5. The number of aromatic nitrogens is 2. The summed E-state index contributed by atoms with van der Waals surface area (Å²) in [6.07, 6.45) is 6.41. The van der Waals surface area contributed by atoms with Gasteiger partial charge in [-0.15, -0.1) is 0 Å². The van der Waals surface area contributed by atoms with Crippen LogP contribution in [0.2, 0.25) is 0 Å². The van der Waals surface area contributed by atoms with Crippen molar-refractivity contribution in [3.8, 4) is 0 Å². The first-order valence-electron chi connectivity index (χ1n) is 7.54. The van der Waals surface area contributed by atoms with Gasteiger partial charge in [0.05, 0.1) is 11.3 Å². The number of nitrogens with one attached hydrogen (secondary N) is 2. The standard InChI is InChI=1S/C17H16IN3O/c1-9-11(18)6-7-14-16(9)10(17(22)21-14)8-15-19-12-4-2-3-5-13(12)20-15/h6-8H,2-5H2,1H3,(H,19,20)(H,21,22). The number of nitrogens with zero attached hydrogens (tertiary/aromatic N) is 1. The van der Waals surface area contributed by atoms with Crippen molar-refractivity contribution < 1.29 is 4.79 Å². The van der Waals surface area contributed by atoms with Gasteiger partial charge in [0.15, 0.2) is 0 Å². The van der Waals surface area contributed by atoms with Gasteiger partial charge in [0, 0.05) is 20.5 Å². The minimum atomic E-state index is -0.0468. The number of amides is 1. The molecule has 2 N–H and O–H groups in total. The van der Waals surface area contributed by atoms with Crippen LogP contribution in [0.15, 0.2) is 12.1 Å². The van der Waals surface area contributed by atoms with Crippen molar-refractivity contribution >= 4 is 45.8 Å². The Kier molecular flexibility index (Phi) is 3.32. The van der Waals surface area contributed by atoms with Gasteiger partial charge in [0.2, 0.25) is 0 Å². The summed E-state index contributed by atoms with van der Waals surface area (Å²) in [5.74, 6) is 0.748. The van der Waals surface area contributed by atoms with Crippen LogP contribution in [-0.4, -0.2) is 15.9 Å². The maximum absolute atomic E-state index is 12.3. The minimum absolute atomic E-state index is 0.0468. The topological polar surface area (TPSA) is 57.8 Å². The molecule has 0 fully saturated rings. The van der Waals surface area contributed by atoms with Crippen molar-refractivity contribution in [1.29, 1.82) is 0 Å². The number of benzene rings is 1. The van der Waals surface area contributed by atoms with E-state index in [0.29, 0.717) is 5.57 Å². The van der Waals surface area contributed by atoms with Gasteiger partial charge in [0.1, 0.15) is 5.82 Å². The maximum Gasteiger partial charge on any atom is 0.256 e. The second kappa shape index (κ2) is 5.22. The van der Waals surface area contributed by atoms with Gasteiger partial charge >= 0.3 is 0 Å². The lowest BCUT2D eigenvalue weighted by Gasteiger charge is -2.07. The number of aryl methyl sites for hydroxylation is 2. The first kappa shape index (κ1) is 14.0. The maximum atomic E-state index is 12.3. The number of carbonyl (C=O) groups is 1. The van der Waals surface area contributed by atoms with E-state index in [1.54, 1.807) is 0 Å². The zero-order chi connectivity index (χ0) is 15.3. The molecule has 4 rings (SSSR count). The predicted octanol–water partition coefficient (Wildman–Crippen LogP) is 3.69. The fraction of sp³-hybridized carbons (Fsp3) is 0.294. The van der Waals surface area contributed by atoms with E-state index in [1.807, 2.05) is 18.2 Å². The van der Waals surface area contributed by atoms with Gasteiger partial charge in [-0.25, -0.2) is 4.98 Å². The number of fused-ring (bicyclic) bond motifs is 2. The Balaban J connectivity index is 1.82.